The van der Waals surface area contributed by atoms with Crippen molar-refractivity contribution in [3.8, 4) is 0 Å². The molecule has 0 aliphatic rings. The van der Waals surface area contributed by atoms with Gasteiger partial charge in [-0.2, -0.15) is 0 Å². The number of nitrogen functional groups attached to an aromatic ring is 1. The highest BCUT2D eigenvalue weighted by Gasteiger charge is 2.06. The van der Waals surface area contributed by atoms with E-state index in [-0.39, 0.29) is 11.0 Å². The van der Waals surface area contributed by atoms with E-state index in [0.29, 0.717) is 11.3 Å². The Balaban J connectivity index is 2.43. The van der Waals surface area contributed by atoms with Crippen LogP contribution in [-0.2, 0) is 6.54 Å². The van der Waals surface area contributed by atoms with Crippen LogP contribution in [0.25, 0.3) is 0 Å². The predicted octanol–water partition coefficient (Wildman–Crippen LogP) is 1.07. The molecule has 0 atom stereocenters. The Morgan fingerprint density at radius 1 is 1.39 bits per heavy atom. The van der Waals surface area contributed by atoms with Gasteiger partial charge in [0.05, 0.1) is 11.0 Å². The van der Waals surface area contributed by atoms with Gasteiger partial charge in [0.1, 0.15) is 5.82 Å². The minimum Gasteiger partial charge on any atom is -0.399 e. The molecule has 0 saturated heterocycles. The third kappa shape index (κ3) is 2.51. The van der Waals surface area contributed by atoms with Gasteiger partial charge in [0.2, 0.25) is 0 Å². The summed E-state index contributed by atoms with van der Waals surface area (Å²) in [5.41, 5.74) is 4.94. The second-order valence-electron chi connectivity index (χ2n) is 3.72. The molecule has 0 bridgehead atoms. The molecule has 18 heavy (non-hydrogen) atoms. The van der Waals surface area contributed by atoms with Crippen molar-refractivity contribution >= 4 is 21.6 Å². The average Bonchev–Trinajstić information content (AvgIpc) is 2.29. The molecule has 1 aromatic carbocycles. The number of aromatic nitrogens is 2. The molecule has 0 amide bonds. The van der Waals surface area contributed by atoms with Crippen molar-refractivity contribution in [3.05, 3.63) is 61.1 Å². The van der Waals surface area contributed by atoms with E-state index in [1.165, 1.54) is 22.9 Å². The quantitative estimate of drug-likeness (QED) is 0.814. The summed E-state index contributed by atoms with van der Waals surface area (Å²) in [7, 11) is 0. The highest BCUT2D eigenvalue weighted by atomic mass is 79.9. The van der Waals surface area contributed by atoms with E-state index in [4.69, 9.17) is 5.73 Å². The van der Waals surface area contributed by atoms with E-state index in [1.54, 1.807) is 6.07 Å². The molecule has 0 radical (unpaired) electrons. The maximum atomic E-state index is 13.6. The number of hydrogen-bond donors (Lipinski definition) is 2. The highest BCUT2D eigenvalue weighted by Crippen LogP contribution is 2.12. The first kappa shape index (κ1) is 12.6. The number of aromatic amines is 1. The molecule has 94 valence electrons. The van der Waals surface area contributed by atoms with Gasteiger partial charge in [0.15, 0.2) is 0 Å². The van der Waals surface area contributed by atoms with Gasteiger partial charge in [-0.3, -0.25) is 14.3 Å². The maximum absolute atomic E-state index is 13.6. The van der Waals surface area contributed by atoms with E-state index >= 15 is 0 Å². The lowest BCUT2D eigenvalue weighted by Gasteiger charge is -2.07. The molecule has 2 aromatic rings. The van der Waals surface area contributed by atoms with Crippen LogP contribution in [-0.4, -0.2) is 9.55 Å². The third-order valence-electron chi connectivity index (χ3n) is 2.39. The van der Waals surface area contributed by atoms with Crippen LogP contribution in [0.4, 0.5) is 10.1 Å². The van der Waals surface area contributed by atoms with E-state index in [2.05, 4.69) is 20.9 Å². The summed E-state index contributed by atoms with van der Waals surface area (Å²) in [5, 5.41) is 0. The number of nitrogens with zero attached hydrogens (tertiary/aromatic N) is 1. The van der Waals surface area contributed by atoms with Crippen LogP contribution in [0.2, 0.25) is 0 Å². The van der Waals surface area contributed by atoms with Crippen molar-refractivity contribution in [1.29, 1.82) is 0 Å². The normalized spacial score (nSPS) is 10.6. The Morgan fingerprint density at radius 2 is 2.11 bits per heavy atom. The number of nitrogens with one attached hydrogen (secondary N) is 1. The van der Waals surface area contributed by atoms with Crippen LogP contribution in [0.5, 0.6) is 0 Å². The number of anilines is 1. The molecule has 0 spiro atoms. The average molecular weight is 314 g/mol. The van der Waals surface area contributed by atoms with Gasteiger partial charge in [-0.1, -0.05) is 6.07 Å². The largest absolute Gasteiger partial charge is 0.399 e. The third-order valence-corrected chi connectivity index (χ3v) is 2.95. The molecule has 7 heteroatoms. The van der Waals surface area contributed by atoms with Gasteiger partial charge in [0.25, 0.3) is 5.56 Å². The summed E-state index contributed by atoms with van der Waals surface area (Å²) in [6.07, 6.45) is 1.32. The number of hydrogen-bond acceptors (Lipinski definition) is 3. The van der Waals surface area contributed by atoms with Crippen LogP contribution >= 0.6 is 15.9 Å². The van der Waals surface area contributed by atoms with E-state index in [9.17, 15) is 14.0 Å². The Morgan fingerprint density at radius 3 is 2.78 bits per heavy atom. The lowest BCUT2D eigenvalue weighted by Crippen LogP contribution is -2.30. The first-order valence-electron chi connectivity index (χ1n) is 5.00. The first-order chi connectivity index (χ1) is 8.47. The zero-order valence-corrected chi connectivity index (χ0v) is 10.7. The van der Waals surface area contributed by atoms with Gasteiger partial charge < -0.3 is 5.73 Å². The number of nitrogens with two attached hydrogens (primary N) is 1. The summed E-state index contributed by atoms with van der Waals surface area (Å²) in [6, 6.07) is 4.22. The Hall–Kier alpha value is -1.89. The van der Waals surface area contributed by atoms with Gasteiger partial charge >= 0.3 is 5.69 Å². The molecule has 2 rings (SSSR count). The van der Waals surface area contributed by atoms with Crippen molar-refractivity contribution in [1.82, 2.24) is 9.55 Å². The van der Waals surface area contributed by atoms with Crippen molar-refractivity contribution in [3.63, 3.8) is 0 Å². The molecule has 3 N–H and O–H groups in total. The minimum atomic E-state index is -0.598. The van der Waals surface area contributed by atoms with Crippen LogP contribution in [0, 0.1) is 5.82 Å². The topological polar surface area (TPSA) is 80.9 Å². The van der Waals surface area contributed by atoms with Gasteiger partial charge in [0, 0.05) is 17.4 Å². The van der Waals surface area contributed by atoms with E-state index < -0.39 is 17.1 Å². The molecule has 0 fully saturated rings. The minimum absolute atomic E-state index is 0.0142. The molecule has 1 heterocycles. The number of halogens is 2. The number of rotatable bonds is 2. The predicted molar refractivity (Wildman–Crippen MR) is 68.9 cm³/mol. The second-order valence-corrected chi connectivity index (χ2v) is 4.57. The fourth-order valence-corrected chi connectivity index (χ4v) is 1.82. The van der Waals surface area contributed by atoms with Crippen molar-refractivity contribution < 1.29 is 4.39 Å². The Kier molecular flexibility index (Phi) is 3.33. The molecule has 0 aliphatic carbocycles. The van der Waals surface area contributed by atoms with Crippen LogP contribution < -0.4 is 17.0 Å². The second kappa shape index (κ2) is 4.77. The van der Waals surface area contributed by atoms with E-state index in [1.807, 2.05) is 0 Å². The van der Waals surface area contributed by atoms with Crippen molar-refractivity contribution in [2.75, 3.05) is 5.73 Å². The summed E-state index contributed by atoms with van der Waals surface area (Å²) in [5.74, 6) is -0.496. The molecule has 0 unspecified atom stereocenters. The molecule has 0 aliphatic heterocycles. The molecular formula is C11H9BrFN3O2. The van der Waals surface area contributed by atoms with Gasteiger partial charge in [-0.15, -0.1) is 0 Å². The lowest BCUT2D eigenvalue weighted by molar-refractivity contribution is 0.593. The summed E-state index contributed by atoms with van der Waals surface area (Å²) in [4.78, 5) is 24.8. The number of benzene rings is 1. The van der Waals surface area contributed by atoms with E-state index in [0.717, 1.165) is 0 Å². The van der Waals surface area contributed by atoms with Crippen LogP contribution in [0.1, 0.15) is 5.56 Å². The summed E-state index contributed by atoms with van der Waals surface area (Å²) in [6.45, 7) is 0.0142. The zero-order chi connectivity index (χ0) is 13.3. The Labute approximate surface area is 109 Å². The maximum Gasteiger partial charge on any atom is 0.328 e. The number of H-pyrrole nitrogens is 1. The Bertz CT molecular complexity index is 708. The molecule has 1 aromatic heterocycles. The van der Waals surface area contributed by atoms with Crippen molar-refractivity contribution in [2.45, 2.75) is 6.54 Å². The van der Waals surface area contributed by atoms with Crippen molar-refractivity contribution in [2.24, 2.45) is 0 Å². The fraction of sp³-hybridized carbons (Fsp3) is 0.0909. The van der Waals surface area contributed by atoms with Crippen LogP contribution in [0.15, 0.2) is 38.5 Å². The molecular weight excluding hydrogens is 305 g/mol. The molecule has 5 nitrogen and oxygen atoms in total. The zero-order valence-electron chi connectivity index (χ0n) is 9.11. The smallest absolute Gasteiger partial charge is 0.328 e. The van der Waals surface area contributed by atoms with Crippen LogP contribution in [0.3, 0.4) is 0 Å². The standard InChI is InChI=1S/C11H9BrFN3O2/c12-8-5-16(11(18)15-10(8)17)4-6-1-2-7(14)3-9(6)13/h1-3,5H,4,14H2,(H,15,17,18). The monoisotopic (exact) mass is 313 g/mol. The fourth-order valence-electron chi connectivity index (χ4n) is 1.48. The first-order valence-corrected chi connectivity index (χ1v) is 5.80. The van der Waals surface area contributed by atoms with Gasteiger partial charge in [-0.05, 0) is 28.1 Å². The van der Waals surface area contributed by atoms with Gasteiger partial charge in [-0.25, -0.2) is 9.18 Å². The molecule has 0 saturated carbocycles. The summed E-state index contributed by atoms with van der Waals surface area (Å²) < 4.78 is 15.0. The lowest BCUT2D eigenvalue weighted by atomic mass is 10.2. The SMILES string of the molecule is Nc1ccc(Cn2cc(Br)c(=O)[nH]c2=O)c(F)c1. The highest BCUT2D eigenvalue weighted by molar-refractivity contribution is 9.10. The summed E-state index contributed by atoms with van der Waals surface area (Å²) >= 11 is 3.01.